The molecular weight excluding hydrogens is 384 g/mol. The minimum atomic E-state index is -0.497. The average Bonchev–Trinajstić information content (AvgIpc) is 2.74. The molecule has 1 aliphatic rings. The van der Waals surface area contributed by atoms with Crippen LogP contribution in [0.15, 0.2) is 12.1 Å². The molecule has 0 spiro atoms. The van der Waals surface area contributed by atoms with Gasteiger partial charge < -0.3 is 29.9 Å². The van der Waals surface area contributed by atoms with Gasteiger partial charge in [-0.25, -0.2) is 0 Å². The predicted molar refractivity (Wildman–Crippen MR) is 115 cm³/mol. The van der Waals surface area contributed by atoms with Gasteiger partial charge in [-0.15, -0.1) is 0 Å². The zero-order chi connectivity index (χ0) is 22.1. The van der Waals surface area contributed by atoms with E-state index in [9.17, 15) is 9.59 Å². The topological polar surface area (TPSA) is 85.5 Å². The van der Waals surface area contributed by atoms with Crippen molar-refractivity contribution >= 4 is 11.8 Å². The third-order valence-corrected chi connectivity index (χ3v) is 5.68. The number of nitrogens with one attached hydrogen (secondary N) is 4. The van der Waals surface area contributed by atoms with Crippen LogP contribution in [0.25, 0.3) is 0 Å². The number of methoxy groups -OCH3 is 2. The van der Waals surface area contributed by atoms with Crippen molar-refractivity contribution in [3.8, 4) is 11.5 Å². The van der Waals surface area contributed by atoms with E-state index in [0.29, 0.717) is 13.1 Å². The fourth-order valence-electron chi connectivity index (χ4n) is 3.78. The first-order chi connectivity index (χ1) is 14.4. The Hall–Kier alpha value is -2.32. The summed E-state index contributed by atoms with van der Waals surface area (Å²) in [5.74, 6) is 1.32. The molecule has 0 aliphatic carbocycles. The Kier molecular flexibility index (Phi) is 9.39. The van der Waals surface area contributed by atoms with E-state index in [-0.39, 0.29) is 11.8 Å². The Morgan fingerprint density at radius 3 is 2.27 bits per heavy atom. The van der Waals surface area contributed by atoms with Crippen LogP contribution in [0.4, 0.5) is 0 Å². The quantitative estimate of drug-likeness (QED) is 0.363. The largest absolute Gasteiger partial charge is 0.493 e. The number of aryl methyl sites for hydroxylation is 1. The maximum atomic E-state index is 12.3. The van der Waals surface area contributed by atoms with Crippen molar-refractivity contribution in [1.29, 1.82) is 0 Å². The van der Waals surface area contributed by atoms with E-state index in [4.69, 9.17) is 9.47 Å². The molecule has 30 heavy (non-hydrogen) atoms. The minimum absolute atomic E-state index is 0.0664. The second kappa shape index (κ2) is 11.8. The summed E-state index contributed by atoms with van der Waals surface area (Å²) in [7, 11) is 3.31. The van der Waals surface area contributed by atoms with Crippen LogP contribution in [0.5, 0.6) is 11.5 Å². The second-order valence-electron chi connectivity index (χ2n) is 8.07. The monoisotopic (exact) mass is 422 g/mol. The van der Waals surface area contributed by atoms with Gasteiger partial charge in [-0.3, -0.25) is 9.59 Å². The first-order valence-electron chi connectivity index (χ1n) is 10.8. The Bertz CT molecular complexity index is 717. The predicted octanol–water partition coefficient (Wildman–Crippen LogP) is -1.67. The van der Waals surface area contributed by atoms with Crippen LogP contribution in [0.2, 0.25) is 0 Å². The van der Waals surface area contributed by atoms with Crippen LogP contribution < -0.4 is 29.9 Å². The van der Waals surface area contributed by atoms with Gasteiger partial charge in [0.25, 0.3) is 5.91 Å². The van der Waals surface area contributed by atoms with E-state index in [1.54, 1.807) is 21.1 Å². The number of ether oxygens (including phenoxy) is 2. The number of rotatable bonds is 10. The SMILES string of the molecule is CCCNC(=O)[C@@H](C)NC(=O)C[NH+]1CC[NH+](Cc2cc(OC)c(OC)cc2C)CC1. The summed E-state index contributed by atoms with van der Waals surface area (Å²) in [5.41, 5.74) is 2.46. The third-order valence-electron chi connectivity index (χ3n) is 5.68. The fraction of sp³-hybridized carbons (Fsp3) is 0.636. The van der Waals surface area contributed by atoms with Gasteiger partial charge in [0, 0.05) is 12.1 Å². The van der Waals surface area contributed by atoms with Gasteiger partial charge in [-0.05, 0) is 38.0 Å². The number of benzene rings is 1. The summed E-state index contributed by atoms with van der Waals surface area (Å²) >= 11 is 0. The lowest BCUT2D eigenvalue weighted by atomic mass is 10.1. The fourth-order valence-corrected chi connectivity index (χ4v) is 3.78. The van der Waals surface area contributed by atoms with E-state index < -0.39 is 6.04 Å². The van der Waals surface area contributed by atoms with E-state index in [2.05, 4.69) is 23.6 Å². The minimum Gasteiger partial charge on any atom is -0.493 e. The number of piperazine rings is 1. The van der Waals surface area contributed by atoms with Crippen molar-refractivity contribution in [1.82, 2.24) is 10.6 Å². The highest BCUT2D eigenvalue weighted by Gasteiger charge is 2.26. The summed E-state index contributed by atoms with van der Waals surface area (Å²) < 4.78 is 10.8. The molecule has 4 N–H and O–H groups in total. The molecule has 1 aromatic carbocycles. The molecule has 1 aromatic rings. The maximum absolute atomic E-state index is 12.3. The molecule has 8 nitrogen and oxygen atoms in total. The van der Waals surface area contributed by atoms with Crippen LogP contribution in [0, 0.1) is 6.92 Å². The van der Waals surface area contributed by atoms with E-state index in [0.717, 1.165) is 50.6 Å². The number of hydrogen-bond donors (Lipinski definition) is 4. The highest BCUT2D eigenvalue weighted by molar-refractivity contribution is 5.87. The van der Waals surface area contributed by atoms with Gasteiger partial charge in [0.05, 0.1) is 14.2 Å². The molecule has 1 aliphatic heterocycles. The molecule has 1 heterocycles. The van der Waals surface area contributed by atoms with Gasteiger partial charge in [0.15, 0.2) is 18.0 Å². The van der Waals surface area contributed by atoms with E-state index >= 15 is 0 Å². The molecule has 0 radical (unpaired) electrons. The molecule has 0 aromatic heterocycles. The summed E-state index contributed by atoms with van der Waals surface area (Å²) in [5, 5.41) is 5.62. The molecule has 2 rings (SSSR count). The lowest BCUT2D eigenvalue weighted by molar-refractivity contribution is -1.02. The number of hydrogen-bond acceptors (Lipinski definition) is 4. The van der Waals surface area contributed by atoms with E-state index in [1.807, 2.05) is 13.0 Å². The van der Waals surface area contributed by atoms with Crippen LogP contribution in [0.1, 0.15) is 31.4 Å². The third kappa shape index (κ3) is 6.88. The Labute approximate surface area is 179 Å². The van der Waals surface area contributed by atoms with Gasteiger partial charge in [0.1, 0.15) is 38.8 Å². The first-order valence-corrected chi connectivity index (χ1v) is 10.8. The number of quaternary nitrogens is 2. The molecule has 2 amide bonds. The van der Waals surface area contributed by atoms with Crippen LogP contribution in [-0.4, -0.2) is 71.3 Å². The molecular formula is C22H38N4O4+2. The second-order valence-corrected chi connectivity index (χ2v) is 8.07. The summed E-state index contributed by atoms with van der Waals surface area (Å²) in [6.45, 7) is 11.7. The van der Waals surface area contributed by atoms with Gasteiger partial charge >= 0.3 is 0 Å². The summed E-state index contributed by atoms with van der Waals surface area (Å²) in [6, 6.07) is 3.60. The van der Waals surface area contributed by atoms with Crippen molar-refractivity contribution in [3.05, 3.63) is 23.3 Å². The highest BCUT2D eigenvalue weighted by atomic mass is 16.5. The lowest BCUT2D eigenvalue weighted by Gasteiger charge is -2.30. The molecule has 1 saturated heterocycles. The average molecular weight is 423 g/mol. The Morgan fingerprint density at radius 2 is 1.67 bits per heavy atom. The Morgan fingerprint density at radius 1 is 1.07 bits per heavy atom. The van der Waals surface area contributed by atoms with Crippen molar-refractivity contribution in [2.45, 2.75) is 39.8 Å². The zero-order valence-corrected chi connectivity index (χ0v) is 19.0. The number of carbonyl (C=O) groups is 2. The number of carbonyl (C=O) groups excluding carboxylic acids is 2. The number of amides is 2. The zero-order valence-electron chi connectivity index (χ0n) is 19.0. The molecule has 0 saturated carbocycles. The van der Waals surface area contributed by atoms with Gasteiger partial charge in [-0.2, -0.15) is 0 Å². The molecule has 0 bridgehead atoms. The van der Waals surface area contributed by atoms with Crippen molar-refractivity contribution < 1.29 is 28.9 Å². The first kappa shape index (κ1) is 24.0. The highest BCUT2D eigenvalue weighted by Crippen LogP contribution is 2.29. The van der Waals surface area contributed by atoms with Crippen molar-refractivity contribution in [2.75, 3.05) is 53.5 Å². The van der Waals surface area contributed by atoms with Crippen LogP contribution in [0.3, 0.4) is 0 Å². The molecule has 0 unspecified atom stereocenters. The lowest BCUT2D eigenvalue weighted by Crippen LogP contribution is -3.28. The standard InChI is InChI=1S/C22H36N4O4/c1-6-7-23-22(28)17(3)24-21(27)15-26-10-8-25(9-11-26)14-18-13-20(30-5)19(29-4)12-16(18)2/h12-13,17H,6-11,14-15H2,1-5H3,(H,23,28)(H,24,27)/p+2/t17-/m1/s1. The molecule has 1 fully saturated rings. The molecule has 168 valence electrons. The Balaban J connectivity index is 1.80. The summed E-state index contributed by atoms with van der Waals surface area (Å²) in [6.07, 6.45) is 0.881. The van der Waals surface area contributed by atoms with Gasteiger partial charge in [0.2, 0.25) is 5.91 Å². The molecule has 8 heteroatoms. The van der Waals surface area contributed by atoms with Crippen molar-refractivity contribution in [3.63, 3.8) is 0 Å². The normalized spacial score (nSPS) is 19.6. The van der Waals surface area contributed by atoms with Crippen LogP contribution >= 0.6 is 0 Å². The smallest absolute Gasteiger partial charge is 0.275 e. The van der Waals surface area contributed by atoms with Crippen LogP contribution in [-0.2, 0) is 16.1 Å². The van der Waals surface area contributed by atoms with Gasteiger partial charge in [-0.1, -0.05) is 6.92 Å². The summed E-state index contributed by atoms with van der Waals surface area (Å²) in [4.78, 5) is 27.0. The molecule has 1 atom stereocenters. The van der Waals surface area contributed by atoms with E-state index in [1.165, 1.54) is 20.9 Å². The maximum Gasteiger partial charge on any atom is 0.275 e. The van der Waals surface area contributed by atoms with Crippen molar-refractivity contribution in [2.24, 2.45) is 0 Å².